The van der Waals surface area contributed by atoms with Crippen LogP contribution < -0.4 is 10.5 Å². The van der Waals surface area contributed by atoms with Crippen molar-refractivity contribution in [2.24, 2.45) is 0 Å². The van der Waals surface area contributed by atoms with Crippen molar-refractivity contribution in [2.75, 3.05) is 5.73 Å². The molecule has 0 aliphatic carbocycles. The first-order valence-electron chi connectivity index (χ1n) is 5.05. The van der Waals surface area contributed by atoms with Gasteiger partial charge in [-0.05, 0) is 24.3 Å². The van der Waals surface area contributed by atoms with Crippen molar-refractivity contribution in [1.29, 1.82) is 0 Å². The Morgan fingerprint density at radius 2 is 1.88 bits per heavy atom. The fourth-order valence-electron chi connectivity index (χ4n) is 1.53. The molecule has 0 radical (unpaired) electrons. The van der Waals surface area contributed by atoms with Gasteiger partial charge in [0, 0.05) is 18.5 Å². The number of nitrogens with zero attached hydrogens (tertiary/aromatic N) is 2. The molecule has 84 valence electrons. The van der Waals surface area contributed by atoms with Crippen LogP contribution in [-0.4, -0.2) is 9.97 Å². The van der Waals surface area contributed by atoms with Crippen LogP contribution in [0.5, 0.6) is 11.5 Å². The molecule has 0 aliphatic rings. The second-order valence-electron chi connectivity index (χ2n) is 3.47. The van der Waals surface area contributed by atoms with E-state index < -0.39 is 0 Å². The van der Waals surface area contributed by atoms with Crippen molar-refractivity contribution in [3.05, 3.63) is 42.7 Å². The molecule has 1 aromatic carbocycles. The van der Waals surface area contributed by atoms with Crippen LogP contribution in [0.4, 0.5) is 5.13 Å². The highest BCUT2D eigenvalue weighted by Gasteiger charge is 2.03. The van der Waals surface area contributed by atoms with E-state index in [1.807, 2.05) is 30.3 Å². The van der Waals surface area contributed by atoms with Crippen LogP contribution in [0.25, 0.3) is 10.2 Å². The number of aromatic nitrogens is 2. The van der Waals surface area contributed by atoms with Gasteiger partial charge in [-0.1, -0.05) is 11.3 Å². The molecular weight excluding hydrogens is 234 g/mol. The monoisotopic (exact) mass is 243 g/mol. The predicted octanol–water partition coefficient (Wildman–Crippen LogP) is 3.07. The zero-order valence-electron chi connectivity index (χ0n) is 8.83. The Morgan fingerprint density at radius 1 is 1.06 bits per heavy atom. The third-order valence-corrected chi connectivity index (χ3v) is 3.11. The first kappa shape index (κ1) is 10.0. The molecule has 5 heteroatoms. The Balaban J connectivity index is 1.95. The van der Waals surface area contributed by atoms with Crippen LogP contribution in [-0.2, 0) is 0 Å². The number of anilines is 1. The van der Waals surface area contributed by atoms with Crippen molar-refractivity contribution in [1.82, 2.24) is 9.97 Å². The van der Waals surface area contributed by atoms with Gasteiger partial charge in [0.25, 0.3) is 0 Å². The van der Waals surface area contributed by atoms with E-state index in [1.54, 1.807) is 12.4 Å². The minimum absolute atomic E-state index is 0.570. The lowest BCUT2D eigenvalue weighted by molar-refractivity contribution is 0.483. The van der Waals surface area contributed by atoms with Gasteiger partial charge in [-0.3, -0.25) is 4.98 Å². The van der Waals surface area contributed by atoms with Crippen LogP contribution in [0, 0.1) is 0 Å². The van der Waals surface area contributed by atoms with Crippen LogP contribution in [0.15, 0.2) is 42.7 Å². The maximum Gasteiger partial charge on any atom is 0.181 e. The Kier molecular flexibility index (Phi) is 2.38. The summed E-state index contributed by atoms with van der Waals surface area (Å²) in [5, 5.41) is 0.570. The van der Waals surface area contributed by atoms with Gasteiger partial charge in [-0.25, -0.2) is 4.98 Å². The average Bonchev–Trinajstić information content (AvgIpc) is 2.70. The minimum Gasteiger partial charge on any atom is -0.457 e. The largest absolute Gasteiger partial charge is 0.457 e. The lowest BCUT2D eigenvalue weighted by Gasteiger charge is -2.04. The van der Waals surface area contributed by atoms with Crippen molar-refractivity contribution >= 4 is 26.7 Å². The summed E-state index contributed by atoms with van der Waals surface area (Å²) < 4.78 is 6.72. The Bertz CT molecular complexity index is 651. The molecule has 17 heavy (non-hydrogen) atoms. The van der Waals surface area contributed by atoms with E-state index in [0.29, 0.717) is 5.13 Å². The highest BCUT2D eigenvalue weighted by atomic mass is 32.1. The maximum atomic E-state index is 5.69. The summed E-state index contributed by atoms with van der Waals surface area (Å²) >= 11 is 1.45. The standard InChI is InChI=1S/C12H9N3OS/c13-12-15-10-2-1-9(7-11(10)17-12)16-8-3-5-14-6-4-8/h1-7H,(H2,13,15). The molecule has 3 aromatic rings. The van der Waals surface area contributed by atoms with Crippen molar-refractivity contribution in [2.45, 2.75) is 0 Å². The summed E-state index contributed by atoms with van der Waals surface area (Å²) in [7, 11) is 0. The van der Waals surface area contributed by atoms with Crippen molar-refractivity contribution in [3.63, 3.8) is 0 Å². The molecule has 0 atom stereocenters. The summed E-state index contributed by atoms with van der Waals surface area (Å²) in [4.78, 5) is 8.13. The normalized spacial score (nSPS) is 10.6. The molecule has 0 saturated carbocycles. The number of hydrogen-bond donors (Lipinski definition) is 1. The molecular formula is C12H9N3OS. The van der Waals surface area contributed by atoms with E-state index in [1.165, 1.54) is 11.3 Å². The fourth-order valence-corrected chi connectivity index (χ4v) is 2.29. The summed E-state index contributed by atoms with van der Waals surface area (Å²) in [5.74, 6) is 1.53. The quantitative estimate of drug-likeness (QED) is 0.751. The van der Waals surface area contributed by atoms with Crippen molar-refractivity contribution in [3.8, 4) is 11.5 Å². The molecule has 0 bridgehead atoms. The number of fused-ring (bicyclic) bond motifs is 1. The molecule has 0 saturated heterocycles. The van der Waals surface area contributed by atoms with E-state index in [-0.39, 0.29) is 0 Å². The molecule has 0 spiro atoms. The third-order valence-electron chi connectivity index (χ3n) is 2.26. The van der Waals surface area contributed by atoms with Gasteiger partial charge >= 0.3 is 0 Å². The van der Waals surface area contributed by atoms with Gasteiger partial charge in [0.05, 0.1) is 10.2 Å². The Hall–Kier alpha value is -2.14. The number of rotatable bonds is 2. The van der Waals surface area contributed by atoms with E-state index in [9.17, 15) is 0 Å². The van der Waals surface area contributed by atoms with E-state index in [4.69, 9.17) is 10.5 Å². The molecule has 3 rings (SSSR count). The van der Waals surface area contributed by atoms with Gasteiger partial charge in [-0.15, -0.1) is 0 Å². The smallest absolute Gasteiger partial charge is 0.181 e. The SMILES string of the molecule is Nc1nc2ccc(Oc3ccncc3)cc2s1. The highest BCUT2D eigenvalue weighted by molar-refractivity contribution is 7.22. The summed E-state index contributed by atoms with van der Waals surface area (Å²) in [5.41, 5.74) is 6.55. The predicted molar refractivity (Wildman–Crippen MR) is 68.3 cm³/mol. The van der Waals surface area contributed by atoms with Crippen LogP contribution in [0.3, 0.4) is 0 Å². The highest BCUT2D eigenvalue weighted by Crippen LogP contribution is 2.29. The van der Waals surface area contributed by atoms with Gasteiger partial charge in [0.1, 0.15) is 11.5 Å². The van der Waals surface area contributed by atoms with Gasteiger partial charge < -0.3 is 10.5 Å². The van der Waals surface area contributed by atoms with Crippen LogP contribution in [0.1, 0.15) is 0 Å². The molecule has 0 amide bonds. The summed E-state index contributed by atoms with van der Waals surface area (Å²) in [6, 6.07) is 9.33. The Labute approximate surface area is 102 Å². The number of ether oxygens (including phenoxy) is 1. The molecule has 0 unspecified atom stereocenters. The molecule has 2 N–H and O–H groups in total. The van der Waals surface area contributed by atoms with E-state index in [0.717, 1.165) is 21.7 Å². The molecule has 0 fully saturated rings. The minimum atomic E-state index is 0.570. The second kappa shape index (κ2) is 4.03. The number of benzene rings is 1. The lowest BCUT2D eigenvalue weighted by Crippen LogP contribution is -1.83. The first-order chi connectivity index (χ1) is 8.31. The molecule has 0 aliphatic heterocycles. The second-order valence-corrected chi connectivity index (χ2v) is 4.53. The number of thiazole rings is 1. The molecule has 2 aromatic heterocycles. The lowest BCUT2D eigenvalue weighted by atomic mass is 10.3. The molecule has 4 nitrogen and oxygen atoms in total. The van der Waals surface area contributed by atoms with Gasteiger partial charge in [-0.2, -0.15) is 0 Å². The zero-order chi connectivity index (χ0) is 11.7. The summed E-state index contributed by atoms with van der Waals surface area (Å²) in [6.45, 7) is 0. The zero-order valence-corrected chi connectivity index (χ0v) is 9.65. The van der Waals surface area contributed by atoms with Crippen LogP contribution >= 0.6 is 11.3 Å². The van der Waals surface area contributed by atoms with E-state index >= 15 is 0 Å². The number of hydrogen-bond acceptors (Lipinski definition) is 5. The first-order valence-corrected chi connectivity index (χ1v) is 5.87. The number of nitrogen functional groups attached to an aromatic ring is 1. The average molecular weight is 243 g/mol. The number of pyridine rings is 1. The van der Waals surface area contributed by atoms with Gasteiger partial charge in [0.15, 0.2) is 5.13 Å². The van der Waals surface area contributed by atoms with Crippen LogP contribution in [0.2, 0.25) is 0 Å². The summed E-state index contributed by atoms with van der Waals surface area (Å²) in [6.07, 6.45) is 3.39. The fraction of sp³-hybridized carbons (Fsp3) is 0. The maximum absolute atomic E-state index is 5.69. The van der Waals surface area contributed by atoms with Crippen molar-refractivity contribution < 1.29 is 4.74 Å². The van der Waals surface area contributed by atoms with E-state index in [2.05, 4.69) is 9.97 Å². The van der Waals surface area contributed by atoms with Gasteiger partial charge in [0.2, 0.25) is 0 Å². The number of nitrogens with two attached hydrogens (primary N) is 1. The third kappa shape index (κ3) is 2.05. The molecule has 2 heterocycles. The Morgan fingerprint density at radius 3 is 2.71 bits per heavy atom. The topological polar surface area (TPSA) is 61.0 Å².